The Bertz CT molecular complexity index is 1090. The SMILES string of the molecule is O=[N+]([O-])c1ccc(-n2cccc2[C@@H]2[C@@H](c3ccccn3)NC(=S)N2C2CCCC2)cc1. The Morgan fingerprint density at radius 3 is 2.52 bits per heavy atom. The Labute approximate surface area is 185 Å². The molecular formula is C23H23N5O2S. The van der Waals surface area contributed by atoms with Crippen molar-refractivity contribution in [3.63, 3.8) is 0 Å². The Balaban J connectivity index is 1.59. The Morgan fingerprint density at radius 1 is 1.06 bits per heavy atom. The fourth-order valence-corrected chi connectivity index (χ4v) is 5.25. The summed E-state index contributed by atoms with van der Waals surface area (Å²) >= 11 is 5.81. The molecule has 31 heavy (non-hydrogen) atoms. The van der Waals surface area contributed by atoms with Gasteiger partial charge in [0.1, 0.15) is 0 Å². The molecule has 3 aromatic rings. The van der Waals surface area contributed by atoms with Crippen molar-refractivity contribution in [1.29, 1.82) is 0 Å². The van der Waals surface area contributed by atoms with Crippen LogP contribution in [0.25, 0.3) is 5.69 Å². The number of nitrogens with zero attached hydrogens (tertiary/aromatic N) is 4. The van der Waals surface area contributed by atoms with Crippen LogP contribution in [0.15, 0.2) is 67.0 Å². The maximum Gasteiger partial charge on any atom is 0.269 e. The Morgan fingerprint density at radius 2 is 1.84 bits per heavy atom. The van der Waals surface area contributed by atoms with Crippen molar-refractivity contribution >= 4 is 23.0 Å². The molecule has 2 fully saturated rings. The lowest BCUT2D eigenvalue weighted by molar-refractivity contribution is -0.384. The van der Waals surface area contributed by atoms with Gasteiger partial charge in [-0.2, -0.15) is 0 Å². The van der Waals surface area contributed by atoms with Crippen LogP contribution in [-0.4, -0.2) is 30.5 Å². The zero-order chi connectivity index (χ0) is 21.4. The zero-order valence-electron chi connectivity index (χ0n) is 16.9. The summed E-state index contributed by atoms with van der Waals surface area (Å²) in [5, 5.41) is 15.4. The maximum absolute atomic E-state index is 11.1. The molecule has 7 nitrogen and oxygen atoms in total. The van der Waals surface area contributed by atoms with E-state index in [9.17, 15) is 10.1 Å². The van der Waals surface area contributed by atoms with Gasteiger partial charge in [0.2, 0.25) is 0 Å². The molecule has 1 saturated carbocycles. The monoisotopic (exact) mass is 433 g/mol. The molecule has 0 amide bonds. The van der Waals surface area contributed by atoms with E-state index in [0.717, 1.165) is 35.0 Å². The lowest BCUT2D eigenvalue weighted by Crippen LogP contribution is -2.38. The molecule has 0 spiro atoms. The first-order chi connectivity index (χ1) is 15.1. The molecule has 1 saturated heterocycles. The fourth-order valence-electron chi connectivity index (χ4n) is 4.86. The first-order valence-electron chi connectivity index (χ1n) is 10.6. The third-order valence-electron chi connectivity index (χ3n) is 6.28. The third kappa shape index (κ3) is 3.57. The van der Waals surface area contributed by atoms with Crippen LogP contribution in [0.2, 0.25) is 0 Å². The van der Waals surface area contributed by atoms with Gasteiger partial charge in [-0.05, 0) is 61.5 Å². The van der Waals surface area contributed by atoms with E-state index in [-0.39, 0.29) is 22.7 Å². The summed E-state index contributed by atoms with van der Waals surface area (Å²) in [5.41, 5.74) is 3.00. The smallest absolute Gasteiger partial charge is 0.269 e. The molecule has 1 aliphatic heterocycles. The number of nitro groups is 1. The average molecular weight is 434 g/mol. The number of nitrogens with one attached hydrogen (secondary N) is 1. The van der Waals surface area contributed by atoms with Crippen molar-refractivity contribution in [2.24, 2.45) is 0 Å². The largest absolute Gasteiger partial charge is 0.352 e. The highest BCUT2D eigenvalue weighted by atomic mass is 32.1. The molecular weight excluding hydrogens is 410 g/mol. The summed E-state index contributed by atoms with van der Waals surface area (Å²) in [6.07, 6.45) is 8.50. The highest BCUT2D eigenvalue weighted by Gasteiger charge is 2.44. The maximum atomic E-state index is 11.1. The second-order valence-corrected chi connectivity index (χ2v) is 8.44. The number of nitro benzene ring substituents is 1. The van der Waals surface area contributed by atoms with E-state index in [1.807, 2.05) is 36.7 Å². The van der Waals surface area contributed by atoms with Gasteiger partial charge in [-0.1, -0.05) is 18.9 Å². The summed E-state index contributed by atoms with van der Waals surface area (Å²) in [6.45, 7) is 0. The quantitative estimate of drug-likeness (QED) is 0.357. The van der Waals surface area contributed by atoms with Gasteiger partial charge in [-0.15, -0.1) is 0 Å². The predicted octanol–water partition coefficient (Wildman–Crippen LogP) is 4.70. The molecule has 3 heterocycles. The van der Waals surface area contributed by atoms with Gasteiger partial charge in [0.25, 0.3) is 5.69 Å². The van der Waals surface area contributed by atoms with Gasteiger partial charge in [0, 0.05) is 41.9 Å². The number of hydrogen-bond donors (Lipinski definition) is 1. The standard InChI is InChI=1S/C23H23N5O2S/c29-28(30)18-12-10-16(11-13-18)26-15-5-9-20(26)22-21(19-8-3-4-14-24-19)25-23(31)27(22)17-6-1-2-7-17/h3-5,8-15,17,21-22H,1-2,6-7H2,(H,25,31)/t21-,22-/m1/s1. The number of rotatable bonds is 5. The van der Waals surface area contributed by atoms with Crippen molar-refractivity contribution in [2.75, 3.05) is 0 Å². The van der Waals surface area contributed by atoms with Crippen molar-refractivity contribution in [1.82, 2.24) is 19.8 Å². The lowest BCUT2D eigenvalue weighted by Gasteiger charge is -2.33. The number of thiocarbonyl (C=S) groups is 1. The van der Waals surface area contributed by atoms with E-state index in [2.05, 4.69) is 25.8 Å². The number of pyridine rings is 1. The molecule has 1 aromatic carbocycles. The minimum absolute atomic E-state index is 0.0179. The van der Waals surface area contributed by atoms with Crippen LogP contribution in [0.5, 0.6) is 0 Å². The number of benzene rings is 1. The van der Waals surface area contributed by atoms with E-state index in [4.69, 9.17) is 12.2 Å². The molecule has 2 aliphatic rings. The Kier molecular flexibility index (Phi) is 5.15. The van der Waals surface area contributed by atoms with E-state index < -0.39 is 0 Å². The summed E-state index contributed by atoms with van der Waals surface area (Å²) in [5.74, 6) is 0. The molecule has 5 rings (SSSR count). The van der Waals surface area contributed by atoms with Crippen LogP contribution in [0.4, 0.5) is 5.69 Å². The molecule has 0 bridgehead atoms. The third-order valence-corrected chi connectivity index (χ3v) is 6.60. The average Bonchev–Trinajstić information content (AvgIpc) is 3.54. The predicted molar refractivity (Wildman–Crippen MR) is 122 cm³/mol. The minimum Gasteiger partial charge on any atom is -0.352 e. The van der Waals surface area contributed by atoms with Gasteiger partial charge >= 0.3 is 0 Å². The fraction of sp³-hybridized carbons (Fsp3) is 0.304. The molecule has 2 aromatic heterocycles. The van der Waals surface area contributed by atoms with E-state index in [1.165, 1.54) is 12.8 Å². The van der Waals surface area contributed by atoms with Gasteiger partial charge < -0.3 is 14.8 Å². The number of non-ortho nitro benzene ring substituents is 1. The summed E-state index contributed by atoms with van der Waals surface area (Å²) in [6, 6.07) is 17.1. The van der Waals surface area contributed by atoms with Gasteiger partial charge in [-0.3, -0.25) is 15.1 Å². The lowest BCUT2D eigenvalue weighted by atomic mass is 9.99. The minimum atomic E-state index is -0.376. The first-order valence-corrected chi connectivity index (χ1v) is 11.0. The van der Waals surface area contributed by atoms with Crippen molar-refractivity contribution < 1.29 is 4.92 Å². The normalized spacial score (nSPS) is 21.4. The summed E-state index contributed by atoms with van der Waals surface area (Å²) < 4.78 is 2.10. The highest BCUT2D eigenvalue weighted by molar-refractivity contribution is 7.80. The molecule has 158 valence electrons. The van der Waals surface area contributed by atoms with Crippen LogP contribution in [-0.2, 0) is 0 Å². The van der Waals surface area contributed by atoms with Gasteiger partial charge in [0.05, 0.1) is 22.7 Å². The number of hydrogen-bond acceptors (Lipinski definition) is 4. The van der Waals surface area contributed by atoms with Crippen LogP contribution < -0.4 is 5.32 Å². The highest BCUT2D eigenvalue weighted by Crippen LogP contribution is 2.43. The van der Waals surface area contributed by atoms with Crippen molar-refractivity contribution in [2.45, 2.75) is 43.8 Å². The molecule has 0 unspecified atom stereocenters. The van der Waals surface area contributed by atoms with Crippen LogP contribution in [0.1, 0.15) is 49.2 Å². The van der Waals surface area contributed by atoms with E-state index in [1.54, 1.807) is 24.3 Å². The second kappa shape index (κ2) is 8.11. The van der Waals surface area contributed by atoms with Crippen LogP contribution in [0, 0.1) is 10.1 Å². The topological polar surface area (TPSA) is 76.2 Å². The second-order valence-electron chi connectivity index (χ2n) is 8.05. The first kappa shape index (κ1) is 19.7. The van der Waals surface area contributed by atoms with Crippen LogP contribution >= 0.6 is 12.2 Å². The zero-order valence-corrected chi connectivity index (χ0v) is 17.7. The van der Waals surface area contributed by atoms with Gasteiger partial charge in [-0.25, -0.2) is 0 Å². The van der Waals surface area contributed by atoms with E-state index >= 15 is 0 Å². The molecule has 0 radical (unpaired) electrons. The molecule has 2 atom stereocenters. The molecule has 8 heteroatoms. The summed E-state index contributed by atoms with van der Waals surface area (Å²) in [7, 11) is 0. The summed E-state index contributed by atoms with van der Waals surface area (Å²) in [4.78, 5) is 17.7. The Hall–Kier alpha value is -3.26. The van der Waals surface area contributed by atoms with Crippen molar-refractivity contribution in [3.8, 4) is 5.69 Å². The van der Waals surface area contributed by atoms with Crippen LogP contribution in [0.3, 0.4) is 0 Å². The van der Waals surface area contributed by atoms with Crippen molar-refractivity contribution in [3.05, 3.63) is 88.5 Å². The number of aromatic nitrogens is 2. The molecule has 1 aliphatic carbocycles. The van der Waals surface area contributed by atoms with Gasteiger partial charge in [0.15, 0.2) is 5.11 Å². The molecule has 1 N–H and O–H groups in total. The van der Waals surface area contributed by atoms with E-state index in [0.29, 0.717) is 6.04 Å².